The molecule has 1 aliphatic rings. The molecule has 1 saturated heterocycles. The highest BCUT2D eigenvalue weighted by Gasteiger charge is 2.30. The Morgan fingerprint density at radius 1 is 0.868 bits per heavy atom. The van der Waals surface area contributed by atoms with E-state index in [2.05, 4.69) is 22.8 Å². The Hall–Kier alpha value is -4.33. The van der Waals surface area contributed by atoms with Crippen molar-refractivity contribution in [2.75, 3.05) is 31.6 Å². The van der Waals surface area contributed by atoms with E-state index in [4.69, 9.17) is 9.47 Å². The van der Waals surface area contributed by atoms with Crippen LogP contribution in [0.1, 0.15) is 59.0 Å². The topological polar surface area (TPSA) is 97.0 Å². The van der Waals surface area contributed by atoms with E-state index >= 15 is 0 Å². The summed E-state index contributed by atoms with van der Waals surface area (Å²) in [5.74, 6) is 0.236. The molecule has 3 amide bonds. The third-order valence-corrected chi connectivity index (χ3v) is 6.33. The van der Waals surface area contributed by atoms with E-state index in [-0.39, 0.29) is 24.4 Å². The number of carbonyl (C=O) groups is 3. The molecular weight excluding hydrogens is 482 g/mol. The third kappa shape index (κ3) is 6.51. The first-order valence-corrected chi connectivity index (χ1v) is 12.9. The lowest BCUT2D eigenvalue weighted by molar-refractivity contribution is -0.115. The highest BCUT2D eigenvalue weighted by Crippen LogP contribution is 2.33. The van der Waals surface area contributed by atoms with Crippen LogP contribution >= 0.6 is 0 Å². The van der Waals surface area contributed by atoms with E-state index in [9.17, 15) is 14.4 Å². The van der Waals surface area contributed by atoms with Crippen LogP contribution in [0.25, 0.3) is 0 Å². The van der Waals surface area contributed by atoms with Crippen molar-refractivity contribution < 1.29 is 23.9 Å². The van der Waals surface area contributed by atoms with Gasteiger partial charge in [-0.2, -0.15) is 0 Å². The van der Waals surface area contributed by atoms with Gasteiger partial charge in [0.2, 0.25) is 5.91 Å². The van der Waals surface area contributed by atoms with Gasteiger partial charge in [0.25, 0.3) is 11.8 Å². The molecule has 0 aliphatic carbocycles. The minimum Gasteiger partial charge on any atom is -0.490 e. The predicted molar refractivity (Wildman–Crippen MR) is 146 cm³/mol. The molecule has 8 heteroatoms. The summed E-state index contributed by atoms with van der Waals surface area (Å²) in [6.07, 6.45) is 1.91. The number of ether oxygens (including phenoxy) is 2. The van der Waals surface area contributed by atoms with Crippen LogP contribution in [0.15, 0.2) is 72.8 Å². The first-order valence-electron chi connectivity index (χ1n) is 12.9. The summed E-state index contributed by atoms with van der Waals surface area (Å²) in [4.78, 5) is 40.1. The molecular formula is C30H33N3O5. The average molecular weight is 516 g/mol. The second kappa shape index (κ2) is 12.8. The number of nitrogens with one attached hydrogen (secondary N) is 2. The molecule has 0 spiro atoms. The number of likely N-dealkylation sites (tertiary alicyclic amines) is 1. The smallest absolute Gasteiger partial charge is 0.254 e. The van der Waals surface area contributed by atoms with Crippen LogP contribution in [-0.4, -0.2) is 48.9 Å². The number of nitrogens with zero attached hydrogens (tertiary/aromatic N) is 1. The summed E-state index contributed by atoms with van der Waals surface area (Å²) in [7, 11) is 0. The zero-order valence-corrected chi connectivity index (χ0v) is 21.7. The van der Waals surface area contributed by atoms with Crippen molar-refractivity contribution in [1.29, 1.82) is 0 Å². The monoisotopic (exact) mass is 515 g/mol. The fourth-order valence-corrected chi connectivity index (χ4v) is 4.55. The SMILES string of the molecule is CCOc1ccc(C(=O)NCC(=O)Nc2ccc(C(=O)N3CCCC3c3ccccc3)cc2)cc1OCC. The van der Waals surface area contributed by atoms with E-state index in [0.717, 1.165) is 24.9 Å². The standard InChI is InChI=1S/C30H33N3O5/c1-3-37-26-17-14-23(19-27(26)38-4-2)29(35)31-20-28(34)32-24-15-12-22(13-16-24)30(36)33-18-8-11-25(33)21-9-6-5-7-10-21/h5-7,9-10,12-17,19,25H,3-4,8,11,18,20H2,1-2H3,(H,31,35)(H,32,34). The molecule has 1 aliphatic heterocycles. The first kappa shape index (κ1) is 26.7. The van der Waals surface area contributed by atoms with Crippen molar-refractivity contribution in [3.8, 4) is 11.5 Å². The minimum absolute atomic E-state index is 0.0247. The summed E-state index contributed by atoms with van der Waals surface area (Å²) >= 11 is 0. The average Bonchev–Trinajstić information content (AvgIpc) is 3.43. The zero-order chi connectivity index (χ0) is 26.9. The van der Waals surface area contributed by atoms with Crippen molar-refractivity contribution in [1.82, 2.24) is 10.2 Å². The fraction of sp³-hybridized carbons (Fsp3) is 0.300. The molecule has 198 valence electrons. The van der Waals surface area contributed by atoms with Gasteiger partial charge in [0.1, 0.15) is 0 Å². The molecule has 1 fully saturated rings. The van der Waals surface area contributed by atoms with Crippen molar-refractivity contribution in [3.05, 3.63) is 89.5 Å². The van der Waals surface area contributed by atoms with Gasteiger partial charge in [0.05, 0.1) is 25.8 Å². The molecule has 1 heterocycles. The van der Waals surface area contributed by atoms with E-state index in [1.807, 2.05) is 36.9 Å². The number of rotatable bonds is 10. The Kier molecular flexibility index (Phi) is 8.98. The molecule has 3 aromatic carbocycles. The molecule has 0 saturated carbocycles. The van der Waals surface area contributed by atoms with Gasteiger partial charge in [-0.1, -0.05) is 30.3 Å². The van der Waals surface area contributed by atoms with Crippen LogP contribution in [0.2, 0.25) is 0 Å². The fourth-order valence-electron chi connectivity index (χ4n) is 4.55. The highest BCUT2D eigenvalue weighted by atomic mass is 16.5. The van der Waals surface area contributed by atoms with Crippen molar-refractivity contribution in [2.45, 2.75) is 32.7 Å². The Bertz CT molecular complexity index is 1260. The first-order chi connectivity index (χ1) is 18.5. The van der Waals surface area contributed by atoms with Gasteiger partial charge < -0.3 is 25.0 Å². The van der Waals surface area contributed by atoms with Crippen LogP contribution in [0.3, 0.4) is 0 Å². The molecule has 2 N–H and O–H groups in total. The van der Waals surface area contributed by atoms with Crippen LogP contribution in [-0.2, 0) is 4.79 Å². The lowest BCUT2D eigenvalue weighted by Crippen LogP contribution is -2.33. The van der Waals surface area contributed by atoms with E-state index in [0.29, 0.717) is 41.5 Å². The van der Waals surface area contributed by atoms with Gasteiger partial charge in [0, 0.05) is 23.4 Å². The minimum atomic E-state index is -0.399. The number of carbonyl (C=O) groups excluding carboxylic acids is 3. The largest absolute Gasteiger partial charge is 0.490 e. The quantitative estimate of drug-likeness (QED) is 0.403. The maximum absolute atomic E-state index is 13.2. The summed E-state index contributed by atoms with van der Waals surface area (Å²) in [6.45, 7) is 5.15. The normalized spacial score (nSPS) is 14.6. The Morgan fingerprint density at radius 3 is 2.26 bits per heavy atom. The van der Waals surface area contributed by atoms with E-state index in [1.165, 1.54) is 0 Å². The molecule has 0 radical (unpaired) electrons. The van der Waals surface area contributed by atoms with Crippen LogP contribution in [0.4, 0.5) is 5.69 Å². The Labute approximate surface area is 222 Å². The maximum atomic E-state index is 13.2. The highest BCUT2D eigenvalue weighted by molar-refractivity contribution is 6.00. The third-order valence-electron chi connectivity index (χ3n) is 6.33. The lowest BCUT2D eigenvalue weighted by Gasteiger charge is -2.25. The van der Waals surface area contributed by atoms with Gasteiger partial charge in [-0.25, -0.2) is 0 Å². The molecule has 1 atom stereocenters. The second-order valence-electron chi connectivity index (χ2n) is 8.90. The summed E-state index contributed by atoms with van der Waals surface area (Å²) in [5, 5.41) is 5.37. The Balaban J connectivity index is 1.31. The zero-order valence-electron chi connectivity index (χ0n) is 21.7. The van der Waals surface area contributed by atoms with Crippen LogP contribution in [0.5, 0.6) is 11.5 Å². The number of hydrogen-bond donors (Lipinski definition) is 2. The number of hydrogen-bond acceptors (Lipinski definition) is 5. The predicted octanol–water partition coefficient (Wildman–Crippen LogP) is 4.83. The van der Waals surface area contributed by atoms with Crippen molar-refractivity contribution in [3.63, 3.8) is 0 Å². The van der Waals surface area contributed by atoms with Crippen molar-refractivity contribution >= 4 is 23.4 Å². The molecule has 8 nitrogen and oxygen atoms in total. The summed E-state index contributed by atoms with van der Waals surface area (Å²) in [5.41, 5.74) is 2.62. The van der Waals surface area contributed by atoms with Gasteiger partial charge >= 0.3 is 0 Å². The van der Waals surface area contributed by atoms with Crippen LogP contribution < -0.4 is 20.1 Å². The van der Waals surface area contributed by atoms with E-state index < -0.39 is 5.91 Å². The molecule has 1 unspecified atom stereocenters. The van der Waals surface area contributed by atoms with Crippen molar-refractivity contribution in [2.24, 2.45) is 0 Å². The molecule has 38 heavy (non-hydrogen) atoms. The Morgan fingerprint density at radius 2 is 1.55 bits per heavy atom. The second-order valence-corrected chi connectivity index (χ2v) is 8.90. The molecule has 0 aromatic heterocycles. The molecule has 0 bridgehead atoms. The summed E-state index contributed by atoms with van der Waals surface area (Å²) in [6, 6.07) is 21.9. The lowest BCUT2D eigenvalue weighted by atomic mass is 10.0. The van der Waals surface area contributed by atoms with E-state index in [1.54, 1.807) is 42.5 Å². The van der Waals surface area contributed by atoms with Gasteiger partial charge in [0.15, 0.2) is 11.5 Å². The van der Waals surface area contributed by atoms with Gasteiger partial charge in [-0.3, -0.25) is 14.4 Å². The maximum Gasteiger partial charge on any atom is 0.254 e. The van der Waals surface area contributed by atoms with Gasteiger partial charge in [-0.05, 0) is 74.7 Å². The number of amides is 3. The number of benzene rings is 3. The summed E-state index contributed by atoms with van der Waals surface area (Å²) < 4.78 is 11.1. The van der Waals surface area contributed by atoms with Crippen LogP contribution in [0, 0.1) is 0 Å². The molecule has 4 rings (SSSR count). The molecule has 3 aromatic rings. The number of anilines is 1. The van der Waals surface area contributed by atoms with Gasteiger partial charge in [-0.15, -0.1) is 0 Å².